The van der Waals surface area contributed by atoms with Crippen LogP contribution in [0.5, 0.6) is 0 Å². The van der Waals surface area contributed by atoms with Gasteiger partial charge in [-0.2, -0.15) is 0 Å². The van der Waals surface area contributed by atoms with Gasteiger partial charge in [-0.15, -0.1) is 0 Å². The van der Waals surface area contributed by atoms with Crippen molar-refractivity contribution in [2.24, 2.45) is 0 Å². The molecule has 0 radical (unpaired) electrons. The highest BCUT2D eigenvalue weighted by atomic mass is 19.1. The topological polar surface area (TPSA) is 32.3 Å². The standard InChI is InChI=1S/C8H10FNO/c9-5-7-2-1-3-8(4-7)6-10-11/h1-4,10-11H,5-6H2. The van der Waals surface area contributed by atoms with E-state index in [1.165, 1.54) is 0 Å². The fourth-order valence-electron chi connectivity index (χ4n) is 0.914. The maximum absolute atomic E-state index is 12.1. The van der Waals surface area contributed by atoms with Crippen molar-refractivity contribution >= 4 is 0 Å². The van der Waals surface area contributed by atoms with E-state index in [1.54, 1.807) is 18.2 Å². The molecule has 1 aromatic rings. The van der Waals surface area contributed by atoms with Crippen LogP contribution in [-0.4, -0.2) is 5.21 Å². The van der Waals surface area contributed by atoms with E-state index in [2.05, 4.69) is 0 Å². The predicted octanol–water partition coefficient (Wildman–Crippen LogP) is 1.63. The molecule has 0 bridgehead atoms. The predicted molar refractivity (Wildman–Crippen MR) is 39.9 cm³/mol. The Bertz CT molecular complexity index is 227. The van der Waals surface area contributed by atoms with Crippen LogP contribution in [0.1, 0.15) is 11.1 Å². The van der Waals surface area contributed by atoms with Crippen LogP contribution in [0.2, 0.25) is 0 Å². The molecule has 2 nitrogen and oxygen atoms in total. The first-order chi connectivity index (χ1) is 5.36. The van der Waals surface area contributed by atoms with E-state index < -0.39 is 6.67 Å². The van der Waals surface area contributed by atoms with Gasteiger partial charge in [-0.25, -0.2) is 9.87 Å². The number of benzene rings is 1. The van der Waals surface area contributed by atoms with Gasteiger partial charge in [0.1, 0.15) is 6.67 Å². The SMILES string of the molecule is ONCc1cccc(CF)c1. The van der Waals surface area contributed by atoms with Gasteiger partial charge in [0.2, 0.25) is 0 Å². The van der Waals surface area contributed by atoms with Gasteiger partial charge in [0, 0.05) is 6.54 Å². The quantitative estimate of drug-likeness (QED) is 0.650. The molecule has 0 aromatic heterocycles. The molecule has 0 spiro atoms. The highest BCUT2D eigenvalue weighted by molar-refractivity contribution is 5.22. The summed E-state index contributed by atoms with van der Waals surface area (Å²) >= 11 is 0. The first-order valence-corrected chi connectivity index (χ1v) is 3.37. The summed E-state index contributed by atoms with van der Waals surface area (Å²) in [6.07, 6.45) is 0. The summed E-state index contributed by atoms with van der Waals surface area (Å²) in [7, 11) is 0. The molecule has 0 fully saturated rings. The second-order valence-electron chi connectivity index (χ2n) is 2.29. The Morgan fingerprint density at radius 3 is 2.73 bits per heavy atom. The zero-order valence-corrected chi connectivity index (χ0v) is 6.05. The lowest BCUT2D eigenvalue weighted by Crippen LogP contribution is -2.05. The molecule has 1 aromatic carbocycles. The molecular weight excluding hydrogens is 145 g/mol. The van der Waals surface area contributed by atoms with Crippen LogP contribution in [0.15, 0.2) is 24.3 Å². The van der Waals surface area contributed by atoms with Crippen LogP contribution in [0.3, 0.4) is 0 Å². The minimum Gasteiger partial charge on any atom is -0.316 e. The minimum absolute atomic E-state index is 0.355. The minimum atomic E-state index is -0.459. The molecule has 0 aliphatic heterocycles. The molecule has 0 heterocycles. The summed E-state index contributed by atoms with van der Waals surface area (Å²) in [6, 6.07) is 7.01. The van der Waals surface area contributed by atoms with Gasteiger partial charge >= 0.3 is 0 Å². The number of rotatable bonds is 3. The maximum Gasteiger partial charge on any atom is 0.115 e. The summed E-state index contributed by atoms with van der Waals surface area (Å²) in [5.74, 6) is 0. The van der Waals surface area contributed by atoms with E-state index in [-0.39, 0.29) is 0 Å². The third-order valence-electron chi connectivity index (χ3n) is 1.43. The molecule has 0 aliphatic carbocycles. The average Bonchev–Trinajstić information content (AvgIpc) is 2.06. The van der Waals surface area contributed by atoms with Crippen LogP contribution < -0.4 is 5.48 Å². The van der Waals surface area contributed by atoms with Gasteiger partial charge in [-0.3, -0.25) is 0 Å². The molecule has 3 heteroatoms. The van der Waals surface area contributed by atoms with Crippen LogP contribution in [-0.2, 0) is 13.2 Å². The largest absolute Gasteiger partial charge is 0.316 e. The van der Waals surface area contributed by atoms with Gasteiger partial charge < -0.3 is 5.21 Å². The third-order valence-corrected chi connectivity index (χ3v) is 1.43. The molecule has 60 valence electrons. The number of alkyl halides is 1. The second-order valence-corrected chi connectivity index (χ2v) is 2.29. The van der Waals surface area contributed by atoms with E-state index in [0.717, 1.165) is 5.56 Å². The average molecular weight is 155 g/mol. The first-order valence-electron chi connectivity index (χ1n) is 3.37. The number of hydrogen-bond acceptors (Lipinski definition) is 2. The van der Waals surface area contributed by atoms with Gasteiger partial charge in [0.05, 0.1) is 0 Å². The normalized spacial score (nSPS) is 10.0. The van der Waals surface area contributed by atoms with Gasteiger partial charge in [0.15, 0.2) is 0 Å². The Balaban J connectivity index is 2.74. The maximum atomic E-state index is 12.1. The molecule has 0 atom stereocenters. The Labute approximate surface area is 64.6 Å². The molecule has 1 rings (SSSR count). The van der Waals surface area contributed by atoms with Crippen LogP contribution in [0.4, 0.5) is 4.39 Å². The second kappa shape index (κ2) is 4.05. The van der Waals surface area contributed by atoms with Gasteiger partial charge in [-0.05, 0) is 11.1 Å². The Kier molecular flexibility index (Phi) is 3.01. The van der Waals surface area contributed by atoms with Gasteiger partial charge in [0.25, 0.3) is 0 Å². The van der Waals surface area contributed by atoms with Crippen LogP contribution in [0, 0.1) is 0 Å². The fourth-order valence-corrected chi connectivity index (χ4v) is 0.914. The van der Waals surface area contributed by atoms with E-state index in [4.69, 9.17) is 5.21 Å². The smallest absolute Gasteiger partial charge is 0.115 e. The van der Waals surface area contributed by atoms with E-state index in [0.29, 0.717) is 12.1 Å². The van der Waals surface area contributed by atoms with Crippen molar-refractivity contribution in [1.82, 2.24) is 5.48 Å². The highest BCUT2D eigenvalue weighted by Crippen LogP contribution is 2.05. The van der Waals surface area contributed by atoms with Crippen LogP contribution in [0.25, 0.3) is 0 Å². The molecule has 0 saturated heterocycles. The number of hydroxylamine groups is 1. The van der Waals surface area contributed by atoms with Crippen molar-refractivity contribution < 1.29 is 9.60 Å². The summed E-state index contributed by atoms with van der Waals surface area (Å²) in [4.78, 5) is 0. The number of halogens is 1. The highest BCUT2D eigenvalue weighted by Gasteiger charge is 1.93. The lowest BCUT2D eigenvalue weighted by molar-refractivity contribution is 0.161. The Morgan fingerprint density at radius 2 is 2.09 bits per heavy atom. The summed E-state index contributed by atoms with van der Waals surface area (Å²) in [6.45, 7) is -0.104. The summed E-state index contributed by atoms with van der Waals surface area (Å²) in [5, 5.41) is 8.34. The molecule has 0 unspecified atom stereocenters. The van der Waals surface area contributed by atoms with Crippen molar-refractivity contribution in [3.05, 3.63) is 35.4 Å². The van der Waals surface area contributed by atoms with E-state index >= 15 is 0 Å². The van der Waals surface area contributed by atoms with E-state index in [1.807, 2.05) is 11.5 Å². The summed E-state index contributed by atoms with van der Waals surface area (Å²) in [5.41, 5.74) is 3.53. The lowest BCUT2D eigenvalue weighted by Gasteiger charge is -1.99. The Morgan fingerprint density at radius 1 is 1.36 bits per heavy atom. The van der Waals surface area contributed by atoms with Crippen molar-refractivity contribution in [3.63, 3.8) is 0 Å². The zero-order chi connectivity index (χ0) is 8.10. The first kappa shape index (κ1) is 8.17. The van der Waals surface area contributed by atoms with E-state index in [9.17, 15) is 4.39 Å². The van der Waals surface area contributed by atoms with Crippen molar-refractivity contribution in [2.45, 2.75) is 13.2 Å². The molecule has 2 N–H and O–H groups in total. The zero-order valence-electron chi connectivity index (χ0n) is 6.05. The van der Waals surface area contributed by atoms with Crippen molar-refractivity contribution in [3.8, 4) is 0 Å². The fraction of sp³-hybridized carbons (Fsp3) is 0.250. The van der Waals surface area contributed by atoms with Gasteiger partial charge in [-0.1, -0.05) is 24.3 Å². The van der Waals surface area contributed by atoms with Crippen LogP contribution >= 0.6 is 0 Å². The summed E-state index contributed by atoms with van der Waals surface area (Å²) < 4.78 is 12.1. The van der Waals surface area contributed by atoms with Crippen molar-refractivity contribution in [1.29, 1.82) is 0 Å². The van der Waals surface area contributed by atoms with Crippen molar-refractivity contribution in [2.75, 3.05) is 0 Å². The molecule has 11 heavy (non-hydrogen) atoms. The third kappa shape index (κ3) is 2.29. The number of hydrogen-bond donors (Lipinski definition) is 2. The molecule has 0 amide bonds. The molecule has 0 saturated carbocycles. The lowest BCUT2D eigenvalue weighted by atomic mass is 10.1. The number of nitrogens with one attached hydrogen (secondary N) is 1. The Hall–Kier alpha value is -0.930. The molecular formula is C8H10FNO. The molecule has 0 aliphatic rings. The monoisotopic (exact) mass is 155 g/mol.